The maximum atomic E-state index is 12.5. The summed E-state index contributed by atoms with van der Waals surface area (Å²) in [5.74, 6) is 2.00. The molecule has 2 rings (SSSR count). The van der Waals surface area contributed by atoms with Gasteiger partial charge in [-0.05, 0) is 48.9 Å². The summed E-state index contributed by atoms with van der Waals surface area (Å²) in [6.07, 6.45) is 4.19. The van der Waals surface area contributed by atoms with E-state index in [2.05, 4.69) is 33.0 Å². The lowest BCUT2D eigenvalue weighted by Crippen LogP contribution is -2.50. The summed E-state index contributed by atoms with van der Waals surface area (Å²) in [5.41, 5.74) is 5.49. The number of hydrogen-bond donors (Lipinski definition) is 2. The first-order valence-electron chi connectivity index (χ1n) is 10.2. The van der Waals surface area contributed by atoms with Gasteiger partial charge in [-0.1, -0.05) is 27.7 Å². The highest BCUT2D eigenvalue weighted by Crippen LogP contribution is 2.34. The monoisotopic (exact) mass is 366 g/mol. The summed E-state index contributed by atoms with van der Waals surface area (Å²) < 4.78 is 0. The molecule has 0 aromatic carbocycles. The number of rotatable bonds is 5. The standard InChI is InChI=1S/C20H38N4O2/c1-15(2)16-5-9-24(10-6-16)19(26)22-14-20(3,4)17-7-11-23(12-8-17)18(25)13-21/h15-17H,5-14,21H2,1-4H3,(H,22,26). The van der Waals surface area contributed by atoms with Crippen LogP contribution in [0.1, 0.15) is 53.4 Å². The van der Waals surface area contributed by atoms with E-state index in [-0.39, 0.29) is 23.9 Å². The molecule has 3 amide bonds. The van der Waals surface area contributed by atoms with Gasteiger partial charge >= 0.3 is 6.03 Å². The van der Waals surface area contributed by atoms with Gasteiger partial charge in [-0.2, -0.15) is 0 Å². The lowest BCUT2D eigenvalue weighted by atomic mass is 9.73. The molecule has 6 heteroatoms. The normalized spacial score (nSPS) is 20.5. The number of nitrogens with two attached hydrogens (primary N) is 1. The van der Waals surface area contributed by atoms with Crippen molar-refractivity contribution in [2.75, 3.05) is 39.3 Å². The molecule has 0 bridgehead atoms. The van der Waals surface area contributed by atoms with Crippen molar-refractivity contribution in [3.05, 3.63) is 0 Å². The predicted octanol–water partition coefficient (Wildman–Crippen LogP) is 2.29. The average molecular weight is 367 g/mol. The fourth-order valence-electron chi connectivity index (χ4n) is 4.37. The fourth-order valence-corrected chi connectivity index (χ4v) is 4.37. The zero-order valence-electron chi connectivity index (χ0n) is 17.1. The van der Waals surface area contributed by atoms with Crippen molar-refractivity contribution in [3.63, 3.8) is 0 Å². The quantitative estimate of drug-likeness (QED) is 0.783. The van der Waals surface area contributed by atoms with Crippen LogP contribution in [0, 0.1) is 23.2 Å². The number of likely N-dealkylation sites (tertiary alicyclic amines) is 2. The summed E-state index contributed by atoms with van der Waals surface area (Å²) in [6.45, 7) is 13.1. The molecule has 0 spiro atoms. The largest absolute Gasteiger partial charge is 0.342 e. The molecule has 0 aromatic heterocycles. The summed E-state index contributed by atoms with van der Waals surface area (Å²) >= 11 is 0. The molecule has 0 radical (unpaired) electrons. The molecule has 0 atom stereocenters. The van der Waals surface area contributed by atoms with Crippen LogP contribution in [-0.4, -0.2) is 61.0 Å². The minimum absolute atomic E-state index is 0.0315. The highest BCUT2D eigenvalue weighted by molar-refractivity contribution is 5.78. The Morgan fingerprint density at radius 3 is 2.08 bits per heavy atom. The molecule has 0 aliphatic carbocycles. The van der Waals surface area contributed by atoms with Crippen molar-refractivity contribution in [2.24, 2.45) is 28.9 Å². The van der Waals surface area contributed by atoms with Crippen LogP contribution in [0.3, 0.4) is 0 Å². The second kappa shape index (κ2) is 9.07. The first kappa shape index (κ1) is 21.0. The Kier molecular flexibility index (Phi) is 7.33. The van der Waals surface area contributed by atoms with Crippen LogP contribution >= 0.6 is 0 Å². The van der Waals surface area contributed by atoms with Gasteiger partial charge in [0.05, 0.1) is 6.54 Å². The zero-order valence-corrected chi connectivity index (χ0v) is 17.1. The number of urea groups is 1. The van der Waals surface area contributed by atoms with E-state index in [0.717, 1.165) is 57.8 Å². The van der Waals surface area contributed by atoms with Gasteiger partial charge in [-0.15, -0.1) is 0 Å². The smallest absolute Gasteiger partial charge is 0.317 e. The number of carbonyl (C=O) groups excluding carboxylic acids is 2. The first-order chi connectivity index (χ1) is 12.2. The van der Waals surface area contributed by atoms with Gasteiger partial charge in [0.2, 0.25) is 5.91 Å². The SMILES string of the molecule is CC(C)C1CCN(C(=O)NCC(C)(C)C2CCN(C(=O)CN)CC2)CC1. The van der Waals surface area contributed by atoms with Gasteiger partial charge in [0.15, 0.2) is 0 Å². The average Bonchev–Trinajstić information content (AvgIpc) is 2.65. The maximum absolute atomic E-state index is 12.5. The number of amides is 3. The molecular weight excluding hydrogens is 328 g/mol. The molecule has 2 aliphatic heterocycles. The lowest BCUT2D eigenvalue weighted by molar-refractivity contribution is -0.131. The second-order valence-corrected chi connectivity index (χ2v) is 9.07. The Balaban J connectivity index is 1.76. The molecule has 2 fully saturated rings. The molecule has 6 nitrogen and oxygen atoms in total. The molecule has 2 aliphatic rings. The van der Waals surface area contributed by atoms with Crippen LogP contribution in [0.25, 0.3) is 0 Å². The molecular formula is C20H38N4O2. The van der Waals surface area contributed by atoms with Crippen molar-refractivity contribution in [1.29, 1.82) is 0 Å². The summed E-state index contributed by atoms with van der Waals surface area (Å²) in [6, 6.07) is 0.0797. The molecule has 0 aromatic rings. The molecule has 2 saturated heterocycles. The second-order valence-electron chi connectivity index (χ2n) is 9.07. The topological polar surface area (TPSA) is 78.7 Å². The maximum Gasteiger partial charge on any atom is 0.317 e. The van der Waals surface area contributed by atoms with E-state index in [1.165, 1.54) is 0 Å². The highest BCUT2D eigenvalue weighted by atomic mass is 16.2. The minimum atomic E-state index is 0.0315. The van der Waals surface area contributed by atoms with E-state index in [1.54, 1.807) is 0 Å². The fraction of sp³-hybridized carbons (Fsp3) is 0.900. The Labute approximate surface area is 158 Å². The Morgan fingerprint density at radius 1 is 1.04 bits per heavy atom. The third-order valence-corrected chi connectivity index (χ3v) is 6.59. The van der Waals surface area contributed by atoms with Crippen molar-refractivity contribution >= 4 is 11.9 Å². The van der Waals surface area contributed by atoms with Crippen LogP contribution in [0.15, 0.2) is 0 Å². The predicted molar refractivity (Wildman–Crippen MR) is 105 cm³/mol. The van der Waals surface area contributed by atoms with Gasteiger partial charge in [0.25, 0.3) is 0 Å². The third kappa shape index (κ3) is 5.35. The number of nitrogens with one attached hydrogen (secondary N) is 1. The first-order valence-corrected chi connectivity index (χ1v) is 10.2. The molecule has 3 N–H and O–H groups in total. The van der Waals surface area contributed by atoms with Crippen LogP contribution in [0.5, 0.6) is 0 Å². The number of hydrogen-bond acceptors (Lipinski definition) is 3. The van der Waals surface area contributed by atoms with E-state index >= 15 is 0 Å². The van der Waals surface area contributed by atoms with Gasteiger partial charge in [-0.25, -0.2) is 4.79 Å². The van der Waals surface area contributed by atoms with Crippen molar-refractivity contribution in [1.82, 2.24) is 15.1 Å². The summed E-state index contributed by atoms with van der Waals surface area (Å²) in [4.78, 5) is 28.1. The van der Waals surface area contributed by atoms with E-state index in [4.69, 9.17) is 5.73 Å². The minimum Gasteiger partial charge on any atom is -0.342 e. The summed E-state index contributed by atoms with van der Waals surface area (Å²) in [7, 11) is 0. The van der Waals surface area contributed by atoms with Crippen molar-refractivity contribution in [3.8, 4) is 0 Å². The van der Waals surface area contributed by atoms with Gasteiger partial charge in [0.1, 0.15) is 0 Å². The van der Waals surface area contributed by atoms with Gasteiger partial charge in [0, 0.05) is 32.7 Å². The van der Waals surface area contributed by atoms with E-state index in [9.17, 15) is 9.59 Å². The molecule has 0 unspecified atom stereocenters. The van der Waals surface area contributed by atoms with Crippen molar-refractivity contribution in [2.45, 2.75) is 53.4 Å². The number of piperidine rings is 2. The molecule has 2 heterocycles. The Hall–Kier alpha value is -1.30. The van der Waals surface area contributed by atoms with E-state index < -0.39 is 0 Å². The van der Waals surface area contributed by atoms with E-state index in [0.29, 0.717) is 18.4 Å². The van der Waals surface area contributed by atoms with E-state index in [1.807, 2.05) is 9.80 Å². The lowest BCUT2D eigenvalue weighted by Gasteiger charge is -2.41. The number of nitrogens with zero attached hydrogens (tertiary/aromatic N) is 2. The number of carbonyl (C=O) groups is 2. The zero-order chi connectivity index (χ0) is 19.3. The van der Waals surface area contributed by atoms with Crippen molar-refractivity contribution < 1.29 is 9.59 Å². The highest BCUT2D eigenvalue weighted by Gasteiger charge is 2.34. The summed E-state index contributed by atoms with van der Waals surface area (Å²) in [5, 5.41) is 3.17. The molecule has 0 saturated carbocycles. The van der Waals surface area contributed by atoms with Crippen LogP contribution in [0.4, 0.5) is 4.79 Å². The Morgan fingerprint density at radius 2 is 1.58 bits per heavy atom. The van der Waals surface area contributed by atoms with Crippen LogP contribution in [0.2, 0.25) is 0 Å². The third-order valence-electron chi connectivity index (χ3n) is 6.59. The van der Waals surface area contributed by atoms with Gasteiger partial charge < -0.3 is 20.9 Å². The van der Waals surface area contributed by atoms with Crippen LogP contribution < -0.4 is 11.1 Å². The van der Waals surface area contributed by atoms with Gasteiger partial charge in [-0.3, -0.25) is 4.79 Å². The Bertz CT molecular complexity index is 476. The molecule has 26 heavy (non-hydrogen) atoms. The molecule has 150 valence electrons. The van der Waals surface area contributed by atoms with Crippen LogP contribution in [-0.2, 0) is 4.79 Å².